The van der Waals surface area contributed by atoms with Crippen LogP contribution >= 0.6 is 0 Å². The Labute approximate surface area is 184 Å². The molecule has 2 N–H and O–H groups in total. The third-order valence-electron chi connectivity index (χ3n) is 5.51. The van der Waals surface area contributed by atoms with Gasteiger partial charge in [0.15, 0.2) is 11.6 Å². The number of imidazole rings is 1. The molecule has 1 aliphatic heterocycles. The number of nitrogens with zero attached hydrogens (tertiary/aromatic N) is 6. The average Bonchev–Trinajstić information content (AvgIpc) is 3.11. The van der Waals surface area contributed by atoms with Gasteiger partial charge in [-0.05, 0) is 32.4 Å². The van der Waals surface area contributed by atoms with Crippen LogP contribution in [0.4, 0.5) is 16.4 Å². The Bertz CT molecular complexity index is 1190. The third-order valence-corrected chi connectivity index (χ3v) is 5.51. The Morgan fingerprint density at radius 1 is 1.19 bits per heavy atom. The second-order valence-electron chi connectivity index (χ2n) is 7.86. The highest BCUT2D eigenvalue weighted by Gasteiger charge is 2.28. The van der Waals surface area contributed by atoms with Crippen molar-refractivity contribution in [3.05, 3.63) is 41.3 Å². The Kier molecular flexibility index (Phi) is 5.56. The number of ether oxygens (including phenoxy) is 1. The molecule has 0 bridgehead atoms. The lowest BCUT2D eigenvalue weighted by Gasteiger charge is -2.39. The van der Waals surface area contributed by atoms with Crippen LogP contribution in [0.25, 0.3) is 5.65 Å². The standard InChI is InChI=1S/C21H25N7O4/c1-12-7-17(24-25-19(12)26-5-6-28(21(30)31)14(3)10-26)23-20(29)15-11-27-9-13(2)22-18(27)8-16(15)32-4/h7-9,11,14H,5-6,10H2,1-4H3,(H,30,31)(H,23,24,29). The minimum absolute atomic E-state index is 0.156. The van der Waals surface area contributed by atoms with Crippen molar-refractivity contribution in [1.82, 2.24) is 24.5 Å². The van der Waals surface area contributed by atoms with Gasteiger partial charge in [0.05, 0.1) is 18.4 Å². The van der Waals surface area contributed by atoms with Crippen molar-refractivity contribution in [2.24, 2.45) is 0 Å². The zero-order chi connectivity index (χ0) is 23.0. The fourth-order valence-electron chi connectivity index (χ4n) is 3.95. The summed E-state index contributed by atoms with van der Waals surface area (Å²) in [7, 11) is 1.50. The number of pyridine rings is 1. The van der Waals surface area contributed by atoms with Crippen molar-refractivity contribution in [3.63, 3.8) is 0 Å². The summed E-state index contributed by atoms with van der Waals surface area (Å²) in [5.74, 6) is 1.03. The van der Waals surface area contributed by atoms with Crippen LogP contribution in [0, 0.1) is 13.8 Å². The molecule has 0 aromatic carbocycles. The molecular formula is C21H25N7O4. The molecule has 1 atom stereocenters. The van der Waals surface area contributed by atoms with E-state index in [2.05, 4.69) is 20.5 Å². The van der Waals surface area contributed by atoms with Crippen LogP contribution in [0.3, 0.4) is 0 Å². The van der Waals surface area contributed by atoms with Gasteiger partial charge < -0.3 is 29.4 Å². The van der Waals surface area contributed by atoms with Gasteiger partial charge in [0.1, 0.15) is 11.4 Å². The van der Waals surface area contributed by atoms with E-state index < -0.39 is 6.09 Å². The molecule has 0 spiro atoms. The molecule has 1 aliphatic rings. The molecule has 0 radical (unpaired) electrons. The van der Waals surface area contributed by atoms with Crippen molar-refractivity contribution in [3.8, 4) is 5.75 Å². The Morgan fingerprint density at radius 2 is 1.97 bits per heavy atom. The van der Waals surface area contributed by atoms with E-state index in [1.807, 2.05) is 31.9 Å². The summed E-state index contributed by atoms with van der Waals surface area (Å²) in [5.41, 5.74) is 2.70. The molecule has 3 aromatic rings. The minimum Gasteiger partial charge on any atom is -0.496 e. The minimum atomic E-state index is -0.919. The summed E-state index contributed by atoms with van der Waals surface area (Å²) < 4.78 is 7.15. The number of rotatable bonds is 4. The molecule has 4 rings (SSSR count). The van der Waals surface area contributed by atoms with Gasteiger partial charge in [-0.2, -0.15) is 0 Å². The maximum Gasteiger partial charge on any atom is 0.407 e. The highest BCUT2D eigenvalue weighted by atomic mass is 16.5. The molecule has 32 heavy (non-hydrogen) atoms. The molecule has 1 saturated heterocycles. The zero-order valence-electron chi connectivity index (χ0n) is 18.4. The maximum atomic E-state index is 12.9. The van der Waals surface area contributed by atoms with E-state index in [9.17, 15) is 14.7 Å². The van der Waals surface area contributed by atoms with Crippen LogP contribution in [0.2, 0.25) is 0 Å². The van der Waals surface area contributed by atoms with E-state index >= 15 is 0 Å². The number of hydrogen-bond donors (Lipinski definition) is 2. The predicted octanol–water partition coefficient (Wildman–Crippen LogP) is 2.19. The number of carboxylic acid groups (broad SMARTS) is 1. The smallest absolute Gasteiger partial charge is 0.407 e. The van der Waals surface area contributed by atoms with E-state index in [4.69, 9.17) is 4.74 Å². The predicted molar refractivity (Wildman–Crippen MR) is 118 cm³/mol. The van der Waals surface area contributed by atoms with Crippen molar-refractivity contribution >= 4 is 29.3 Å². The maximum absolute atomic E-state index is 12.9. The first-order chi connectivity index (χ1) is 15.3. The lowest BCUT2D eigenvalue weighted by atomic mass is 10.2. The molecule has 0 saturated carbocycles. The third kappa shape index (κ3) is 4.01. The second-order valence-corrected chi connectivity index (χ2v) is 7.86. The summed E-state index contributed by atoms with van der Waals surface area (Å²) in [6.07, 6.45) is 2.58. The number of piperazine rings is 1. The van der Waals surface area contributed by atoms with E-state index in [-0.39, 0.29) is 11.9 Å². The van der Waals surface area contributed by atoms with Gasteiger partial charge in [0.2, 0.25) is 0 Å². The molecule has 11 heteroatoms. The first-order valence-electron chi connectivity index (χ1n) is 10.2. The lowest BCUT2D eigenvalue weighted by Crippen LogP contribution is -2.54. The number of fused-ring (bicyclic) bond motifs is 1. The van der Waals surface area contributed by atoms with Gasteiger partial charge in [0, 0.05) is 44.1 Å². The summed E-state index contributed by atoms with van der Waals surface area (Å²) in [5, 5.41) is 20.5. The van der Waals surface area contributed by atoms with Gasteiger partial charge in [-0.3, -0.25) is 4.79 Å². The van der Waals surface area contributed by atoms with Gasteiger partial charge in [-0.15, -0.1) is 10.2 Å². The zero-order valence-corrected chi connectivity index (χ0v) is 18.4. The molecular weight excluding hydrogens is 414 g/mol. The van der Waals surface area contributed by atoms with E-state index in [1.54, 1.807) is 22.7 Å². The SMILES string of the molecule is COc1cc2nc(C)cn2cc1C(=O)Nc1cc(C)c(N2CCN(C(=O)O)C(C)C2)nn1. The van der Waals surface area contributed by atoms with Crippen LogP contribution in [0.5, 0.6) is 5.75 Å². The van der Waals surface area contributed by atoms with Gasteiger partial charge in [-0.1, -0.05) is 0 Å². The summed E-state index contributed by atoms with van der Waals surface area (Å²) in [4.78, 5) is 32.0. The highest BCUT2D eigenvalue weighted by molar-refractivity contribution is 6.05. The van der Waals surface area contributed by atoms with Crippen molar-refractivity contribution in [1.29, 1.82) is 0 Å². The Balaban J connectivity index is 1.52. The summed E-state index contributed by atoms with van der Waals surface area (Å²) >= 11 is 0. The molecule has 2 amide bonds. The highest BCUT2D eigenvalue weighted by Crippen LogP contribution is 2.24. The number of aromatic nitrogens is 4. The van der Waals surface area contributed by atoms with Crippen molar-refractivity contribution < 1.29 is 19.4 Å². The van der Waals surface area contributed by atoms with Gasteiger partial charge in [-0.25, -0.2) is 9.78 Å². The van der Waals surface area contributed by atoms with E-state index in [1.165, 1.54) is 12.0 Å². The van der Waals surface area contributed by atoms with Crippen LogP contribution in [-0.4, -0.2) is 74.4 Å². The first kappa shape index (κ1) is 21.3. The molecule has 4 heterocycles. The number of anilines is 2. The Hall–Kier alpha value is -3.89. The molecule has 168 valence electrons. The van der Waals surface area contributed by atoms with Gasteiger partial charge in [0.25, 0.3) is 5.91 Å². The van der Waals surface area contributed by atoms with E-state index in [0.717, 1.165) is 11.3 Å². The number of carbonyl (C=O) groups excluding carboxylic acids is 1. The average molecular weight is 439 g/mol. The number of hydrogen-bond acceptors (Lipinski definition) is 7. The first-order valence-corrected chi connectivity index (χ1v) is 10.2. The fraction of sp³-hybridized carbons (Fsp3) is 0.381. The number of methoxy groups -OCH3 is 1. The molecule has 3 aromatic heterocycles. The number of aryl methyl sites for hydroxylation is 2. The second kappa shape index (κ2) is 8.33. The van der Waals surface area contributed by atoms with Crippen molar-refractivity contribution in [2.45, 2.75) is 26.8 Å². The molecule has 1 fully saturated rings. The molecule has 0 aliphatic carbocycles. The van der Waals surface area contributed by atoms with Crippen LogP contribution in [0.1, 0.15) is 28.5 Å². The topological polar surface area (TPSA) is 125 Å². The van der Waals surface area contributed by atoms with Crippen LogP contribution in [-0.2, 0) is 0 Å². The number of amides is 2. The summed E-state index contributed by atoms with van der Waals surface area (Å²) in [6, 6.07) is 3.30. The molecule has 11 nitrogen and oxygen atoms in total. The lowest BCUT2D eigenvalue weighted by molar-refractivity contribution is 0.102. The molecule has 1 unspecified atom stereocenters. The quantitative estimate of drug-likeness (QED) is 0.634. The summed E-state index contributed by atoms with van der Waals surface area (Å²) in [6.45, 7) is 7.07. The fourth-order valence-corrected chi connectivity index (χ4v) is 3.95. The Morgan fingerprint density at radius 3 is 2.62 bits per heavy atom. The van der Waals surface area contributed by atoms with Crippen LogP contribution in [0.15, 0.2) is 24.5 Å². The van der Waals surface area contributed by atoms with E-state index in [0.29, 0.717) is 48.2 Å². The largest absolute Gasteiger partial charge is 0.496 e. The number of carbonyl (C=O) groups is 2. The van der Waals surface area contributed by atoms with Gasteiger partial charge >= 0.3 is 6.09 Å². The van der Waals surface area contributed by atoms with Crippen LogP contribution < -0.4 is 15.0 Å². The van der Waals surface area contributed by atoms with Crippen molar-refractivity contribution in [2.75, 3.05) is 37.0 Å². The normalized spacial score (nSPS) is 16.3. The number of nitrogens with one attached hydrogen (secondary N) is 1. The monoisotopic (exact) mass is 439 g/mol.